The Kier molecular flexibility index (Phi) is 4.50. The SMILES string of the molecule is CC(C)(C)C(=O)Nc1c(C(=O)Nc2ccc(F)cc2)oc2ccccc12. The summed E-state index contributed by atoms with van der Waals surface area (Å²) in [6.45, 7) is 5.34. The first-order valence-corrected chi connectivity index (χ1v) is 8.15. The molecule has 0 fully saturated rings. The molecule has 1 aromatic heterocycles. The molecular formula is C20H19FN2O3. The highest BCUT2D eigenvalue weighted by Gasteiger charge is 2.27. The molecule has 0 aliphatic heterocycles. The van der Waals surface area contributed by atoms with Crippen molar-refractivity contribution < 1.29 is 18.4 Å². The molecule has 0 radical (unpaired) electrons. The monoisotopic (exact) mass is 354 g/mol. The second kappa shape index (κ2) is 6.63. The van der Waals surface area contributed by atoms with Crippen LogP contribution in [0.5, 0.6) is 0 Å². The second-order valence-corrected chi connectivity index (χ2v) is 6.97. The summed E-state index contributed by atoms with van der Waals surface area (Å²) in [5.74, 6) is -1.17. The van der Waals surface area contributed by atoms with Crippen molar-refractivity contribution in [3.63, 3.8) is 0 Å². The van der Waals surface area contributed by atoms with E-state index in [9.17, 15) is 14.0 Å². The van der Waals surface area contributed by atoms with Gasteiger partial charge in [-0.05, 0) is 36.4 Å². The Morgan fingerprint density at radius 1 is 0.962 bits per heavy atom. The van der Waals surface area contributed by atoms with E-state index in [2.05, 4.69) is 10.6 Å². The summed E-state index contributed by atoms with van der Waals surface area (Å²) < 4.78 is 18.7. The van der Waals surface area contributed by atoms with E-state index in [-0.39, 0.29) is 11.7 Å². The number of benzene rings is 2. The van der Waals surface area contributed by atoms with Crippen LogP contribution in [0.1, 0.15) is 31.3 Å². The fourth-order valence-corrected chi connectivity index (χ4v) is 2.35. The summed E-state index contributed by atoms with van der Waals surface area (Å²) in [7, 11) is 0. The zero-order valence-corrected chi connectivity index (χ0v) is 14.7. The van der Waals surface area contributed by atoms with E-state index in [0.717, 1.165) is 0 Å². The zero-order chi connectivity index (χ0) is 18.9. The number of hydrogen-bond acceptors (Lipinski definition) is 3. The van der Waals surface area contributed by atoms with Crippen LogP contribution in [0.15, 0.2) is 52.9 Å². The van der Waals surface area contributed by atoms with E-state index < -0.39 is 17.1 Å². The van der Waals surface area contributed by atoms with Gasteiger partial charge in [0.15, 0.2) is 0 Å². The quantitative estimate of drug-likeness (QED) is 0.709. The summed E-state index contributed by atoms with van der Waals surface area (Å²) >= 11 is 0. The Hall–Kier alpha value is -3.15. The number of carbonyl (C=O) groups is 2. The maximum atomic E-state index is 13.0. The third-order valence-corrected chi connectivity index (χ3v) is 3.82. The molecular weight excluding hydrogens is 335 g/mol. The van der Waals surface area contributed by atoms with E-state index in [1.54, 1.807) is 45.0 Å². The van der Waals surface area contributed by atoms with Crippen LogP contribution in [0.2, 0.25) is 0 Å². The molecule has 0 unspecified atom stereocenters. The first-order chi connectivity index (χ1) is 12.3. The third-order valence-electron chi connectivity index (χ3n) is 3.82. The number of para-hydroxylation sites is 1. The van der Waals surface area contributed by atoms with Crippen LogP contribution in [0.3, 0.4) is 0 Å². The third kappa shape index (κ3) is 3.59. The zero-order valence-electron chi connectivity index (χ0n) is 14.7. The van der Waals surface area contributed by atoms with Crippen molar-refractivity contribution >= 4 is 34.2 Å². The molecule has 0 saturated carbocycles. The first kappa shape index (κ1) is 17.7. The summed E-state index contributed by atoms with van der Waals surface area (Å²) in [6, 6.07) is 12.5. The summed E-state index contributed by atoms with van der Waals surface area (Å²) in [6.07, 6.45) is 0. The highest BCUT2D eigenvalue weighted by molar-refractivity contribution is 6.15. The summed E-state index contributed by atoms with van der Waals surface area (Å²) in [4.78, 5) is 25.1. The molecule has 0 aliphatic rings. The number of carbonyl (C=O) groups excluding carboxylic acids is 2. The lowest BCUT2D eigenvalue weighted by Gasteiger charge is -2.17. The predicted octanol–water partition coefficient (Wildman–Crippen LogP) is 4.81. The fraction of sp³-hybridized carbons (Fsp3) is 0.200. The molecule has 0 atom stereocenters. The summed E-state index contributed by atoms with van der Waals surface area (Å²) in [5, 5.41) is 6.08. The number of furan rings is 1. The van der Waals surface area contributed by atoms with Crippen LogP contribution in [0.4, 0.5) is 15.8 Å². The van der Waals surface area contributed by atoms with Crippen molar-refractivity contribution in [3.05, 3.63) is 60.1 Å². The molecule has 26 heavy (non-hydrogen) atoms. The Morgan fingerprint density at radius 3 is 2.27 bits per heavy atom. The van der Waals surface area contributed by atoms with Gasteiger partial charge in [0.1, 0.15) is 17.1 Å². The van der Waals surface area contributed by atoms with Gasteiger partial charge in [-0.3, -0.25) is 9.59 Å². The number of hydrogen-bond donors (Lipinski definition) is 2. The molecule has 134 valence electrons. The largest absolute Gasteiger partial charge is 0.449 e. The van der Waals surface area contributed by atoms with Gasteiger partial charge in [0.25, 0.3) is 5.91 Å². The minimum absolute atomic E-state index is 0.00637. The summed E-state index contributed by atoms with van der Waals surface area (Å²) in [5.41, 5.74) is 0.592. The van der Waals surface area contributed by atoms with E-state index in [1.807, 2.05) is 0 Å². The number of anilines is 2. The lowest BCUT2D eigenvalue weighted by atomic mass is 9.95. The van der Waals surface area contributed by atoms with Crippen molar-refractivity contribution in [3.8, 4) is 0 Å². The van der Waals surface area contributed by atoms with E-state index in [1.165, 1.54) is 24.3 Å². The van der Waals surface area contributed by atoms with Gasteiger partial charge in [0, 0.05) is 16.5 Å². The smallest absolute Gasteiger partial charge is 0.293 e. The van der Waals surface area contributed by atoms with Gasteiger partial charge in [-0.25, -0.2) is 4.39 Å². The van der Waals surface area contributed by atoms with Crippen molar-refractivity contribution in [1.29, 1.82) is 0 Å². The number of amides is 2. The van der Waals surface area contributed by atoms with Crippen LogP contribution >= 0.6 is 0 Å². The molecule has 2 N–H and O–H groups in total. The fourth-order valence-electron chi connectivity index (χ4n) is 2.35. The van der Waals surface area contributed by atoms with Gasteiger partial charge in [-0.15, -0.1) is 0 Å². The van der Waals surface area contributed by atoms with Crippen LogP contribution in [0, 0.1) is 11.2 Å². The van der Waals surface area contributed by atoms with Crippen molar-refractivity contribution in [2.45, 2.75) is 20.8 Å². The van der Waals surface area contributed by atoms with Gasteiger partial charge < -0.3 is 15.1 Å². The minimum atomic E-state index is -0.636. The number of nitrogens with one attached hydrogen (secondary N) is 2. The molecule has 0 aliphatic carbocycles. The van der Waals surface area contributed by atoms with Gasteiger partial charge >= 0.3 is 0 Å². The molecule has 6 heteroatoms. The average molecular weight is 354 g/mol. The molecule has 3 aromatic rings. The van der Waals surface area contributed by atoms with Gasteiger partial charge in [-0.2, -0.15) is 0 Å². The predicted molar refractivity (Wildman–Crippen MR) is 98.7 cm³/mol. The van der Waals surface area contributed by atoms with Gasteiger partial charge in [0.05, 0.1) is 0 Å². The molecule has 5 nitrogen and oxygen atoms in total. The maximum Gasteiger partial charge on any atom is 0.293 e. The minimum Gasteiger partial charge on any atom is -0.449 e. The van der Waals surface area contributed by atoms with Gasteiger partial charge in [0.2, 0.25) is 11.7 Å². The molecule has 2 amide bonds. The molecule has 1 heterocycles. The van der Waals surface area contributed by atoms with E-state index >= 15 is 0 Å². The normalized spacial score (nSPS) is 11.4. The van der Waals surface area contributed by atoms with Crippen LogP contribution < -0.4 is 10.6 Å². The highest BCUT2D eigenvalue weighted by Crippen LogP contribution is 2.32. The molecule has 0 saturated heterocycles. The second-order valence-electron chi connectivity index (χ2n) is 6.97. The van der Waals surface area contributed by atoms with Crippen molar-refractivity contribution in [2.75, 3.05) is 10.6 Å². The Morgan fingerprint density at radius 2 is 1.62 bits per heavy atom. The topological polar surface area (TPSA) is 71.3 Å². The number of halogens is 1. The Labute approximate surface area is 150 Å². The van der Waals surface area contributed by atoms with Crippen LogP contribution in [0.25, 0.3) is 11.0 Å². The molecule has 0 spiro atoms. The highest BCUT2D eigenvalue weighted by atomic mass is 19.1. The molecule has 0 bridgehead atoms. The van der Waals surface area contributed by atoms with Crippen molar-refractivity contribution in [2.24, 2.45) is 5.41 Å². The van der Waals surface area contributed by atoms with Crippen LogP contribution in [-0.2, 0) is 4.79 Å². The standard InChI is InChI=1S/C20H19FN2O3/c1-20(2,3)19(25)23-16-14-6-4-5-7-15(14)26-17(16)18(24)22-13-10-8-12(21)9-11-13/h4-11H,1-3H3,(H,22,24)(H,23,25). The molecule has 3 rings (SSSR count). The van der Waals surface area contributed by atoms with Crippen molar-refractivity contribution in [1.82, 2.24) is 0 Å². The lowest BCUT2D eigenvalue weighted by molar-refractivity contribution is -0.123. The van der Waals surface area contributed by atoms with E-state index in [4.69, 9.17) is 4.42 Å². The maximum absolute atomic E-state index is 13.0. The number of fused-ring (bicyclic) bond motifs is 1. The number of rotatable bonds is 3. The van der Waals surface area contributed by atoms with E-state index in [0.29, 0.717) is 22.3 Å². The lowest BCUT2D eigenvalue weighted by Crippen LogP contribution is -2.28. The Bertz CT molecular complexity index is 969. The molecule has 2 aromatic carbocycles. The average Bonchev–Trinajstić information content (AvgIpc) is 2.95. The van der Waals surface area contributed by atoms with Crippen LogP contribution in [-0.4, -0.2) is 11.8 Å². The van der Waals surface area contributed by atoms with Gasteiger partial charge in [-0.1, -0.05) is 32.9 Å². The first-order valence-electron chi connectivity index (χ1n) is 8.15. The Balaban J connectivity index is 1.98.